The first-order valence-corrected chi connectivity index (χ1v) is 8.53. The Kier molecular flexibility index (Phi) is 6.86. The Morgan fingerprint density at radius 3 is 2.69 bits per heavy atom. The normalized spacial score (nSPS) is 11.5. The van der Waals surface area contributed by atoms with Crippen LogP contribution in [-0.4, -0.2) is 22.2 Å². The van der Waals surface area contributed by atoms with Crippen LogP contribution in [0.1, 0.15) is 18.1 Å². The molecule has 26 heavy (non-hydrogen) atoms. The number of nitro groups is 1. The summed E-state index contributed by atoms with van der Waals surface area (Å²) in [5, 5.41) is 21.5. The molecule has 0 saturated carbocycles. The van der Waals surface area contributed by atoms with Crippen LogP contribution in [0.15, 0.2) is 58.7 Å². The van der Waals surface area contributed by atoms with Crippen molar-refractivity contribution >= 4 is 40.4 Å². The third kappa shape index (κ3) is 6.02. The van der Waals surface area contributed by atoms with Gasteiger partial charge in [-0.25, -0.2) is 0 Å². The summed E-state index contributed by atoms with van der Waals surface area (Å²) in [5.74, 6) is 0.282. The molecule has 2 rings (SSSR count). The summed E-state index contributed by atoms with van der Waals surface area (Å²) < 4.78 is 0. The van der Waals surface area contributed by atoms with Crippen LogP contribution >= 0.6 is 11.8 Å². The molecule has 9 heteroatoms. The molecule has 0 atom stereocenters. The molecule has 0 saturated heterocycles. The molecule has 8 nitrogen and oxygen atoms in total. The second-order valence-electron chi connectivity index (χ2n) is 5.17. The van der Waals surface area contributed by atoms with Gasteiger partial charge in [-0.05, 0) is 11.6 Å². The van der Waals surface area contributed by atoms with Gasteiger partial charge >= 0.3 is 0 Å². The molecule has 3 N–H and O–H groups in total. The number of nitro benzene ring substituents is 1. The number of hydrogen-bond acceptors (Lipinski definition) is 6. The number of nitrogens with zero attached hydrogens (tertiary/aromatic N) is 3. The van der Waals surface area contributed by atoms with Crippen LogP contribution in [-0.2, 0) is 10.5 Å². The number of carbonyl (C=O) groups excluding carboxylic acids is 1. The maximum atomic E-state index is 11.1. The van der Waals surface area contributed by atoms with Gasteiger partial charge in [0.25, 0.3) is 5.69 Å². The van der Waals surface area contributed by atoms with Crippen LogP contribution in [0.2, 0.25) is 0 Å². The minimum absolute atomic E-state index is 0.126. The van der Waals surface area contributed by atoms with Crippen molar-refractivity contribution in [2.75, 3.05) is 5.32 Å². The van der Waals surface area contributed by atoms with Gasteiger partial charge in [-0.1, -0.05) is 48.2 Å². The van der Waals surface area contributed by atoms with Gasteiger partial charge in [-0.2, -0.15) is 5.10 Å². The second-order valence-corrected chi connectivity index (χ2v) is 6.17. The quantitative estimate of drug-likeness (QED) is 0.349. The molecule has 0 radical (unpaired) electrons. The summed E-state index contributed by atoms with van der Waals surface area (Å²) in [7, 11) is 0. The van der Waals surface area contributed by atoms with Crippen molar-refractivity contribution in [2.45, 2.75) is 12.7 Å². The molecular formula is C17H17N5O3S. The lowest BCUT2D eigenvalue weighted by molar-refractivity contribution is -0.383. The lowest BCUT2D eigenvalue weighted by Crippen LogP contribution is -2.08. The zero-order chi connectivity index (χ0) is 18.9. The minimum atomic E-state index is -0.573. The lowest BCUT2D eigenvalue weighted by atomic mass is 10.2. The number of amidine groups is 1. The molecule has 0 aliphatic carbocycles. The standard InChI is InChI=1S/C17H17N5O3S/c1-12(23)20-15-8-7-14(9-16(15)22(24)25)10-19-21-17(18)26-11-13-5-3-2-4-6-13/h2-10H,11H2,1H3,(H2,18,21)(H,20,23). The fourth-order valence-electron chi connectivity index (χ4n) is 1.99. The molecule has 0 bridgehead atoms. The van der Waals surface area contributed by atoms with Gasteiger partial charge in [-0.3, -0.25) is 14.9 Å². The molecule has 0 heterocycles. The van der Waals surface area contributed by atoms with Gasteiger partial charge in [-0.15, -0.1) is 5.10 Å². The van der Waals surface area contributed by atoms with Crippen molar-refractivity contribution in [1.82, 2.24) is 0 Å². The van der Waals surface area contributed by atoms with Crippen molar-refractivity contribution in [3.63, 3.8) is 0 Å². The highest BCUT2D eigenvalue weighted by molar-refractivity contribution is 8.13. The first-order valence-electron chi connectivity index (χ1n) is 7.55. The number of nitrogens with two attached hydrogens (primary N) is 1. The molecule has 0 unspecified atom stereocenters. The highest BCUT2D eigenvalue weighted by atomic mass is 32.2. The molecule has 2 aromatic rings. The number of anilines is 1. The molecule has 2 aromatic carbocycles. The van der Waals surface area contributed by atoms with Crippen LogP contribution in [0.5, 0.6) is 0 Å². The summed E-state index contributed by atoms with van der Waals surface area (Å²) in [6.07, 6.45) is 1.36. The smallest absolute Gasteiger partial charge is 0.293 e. The third-order valence-electron chi connectivity index (χ3n) is 3.12. The van der Waals surface area contributed by atoms with Gasteiger partial charge < -0.3 is 11.1 Å². The van der Waals surface area contributed by atoms with Crippen LogP contribution in [0.25, 0.3) is 0 Å². The van der Waals surface area contributed by atoms with Crippen LogP contribution in [0.4, 0.5) is 11.4 Å². The van der Waals surface area contributed by atoms with Gasteiger partial charge in [0.1, 0.15) is 5.69 Å². The van der Waals surface area contributed by atoms with E-state index in [0.717, 1.165) is 5.56 Å². The molecule has 0 spiro atoms. The van der Waals surface area contributed by atoms with E-state index in [4.69, 9.17) is 5.73 Å². The predicted molar refractivity (Wildman–Crippen MR) is 104 cm³/mol. The molecular weight excluding hydrogens is 354 g/mol. The Labute approximate surface area is 154 Å². The zero-order valence-corrected chi connectivity index (χ0v) is 14.8. The summed E-state index contributed by atoms with van der Waals surface area (Å²) in [4.78, 5) is 21.6. The second kappa shape index (κ2) is 9.33. The highest BCUT2D eigenvalue weighted by Gasteiger charge is 2.14. The summed E-state index contributed by atoms with van der Waals surface area (Å²) in [6, 6.07) is 14.1. The average molecular weight is 371 g/mol. The number of rotatable bonds is 6. The number of thioether (sulfide) groups is 1. The molecule has 0 fully saturated rings. The van der Waals surface area contributed by atoms with Crippen molar-refractivity contribution in [3.05, 3.63) is 69.8 Å². The lowest BCUT2D eigenvalue weighted by Gasteiger charge is -2.03. The van der Waals surface area contributed by atoms with E-state index < -0.39 is 4.92 Å². The monoisotopic (exact) mass is 371 g/mol. The summed E-state index contributed by atoms with van der Waals surface area (Å²) in [5.41, 5.74) is 7.27. The van der Waals surface area contributed by atoms with E-state index in [-0.39, 0.29) is 22.4 Å². The Morgan fingerprint density at radius 2 is 2.04 bits per heavy atom. The Balaban J connectivity index is 2.03. The average Bonchev–Trinajstić information content (AvgIpc) is 2.61. The topological polar surface area (TPSA) is 123 Å². The SMILES string of the molecule is CC(=O)Nc1ccc(C=NN=C(N)SCc2ccccc2)cc1[N+](=O)[O-]. The first-order chi connectivity index (χ1) is 12.5. The number of hydrogen-bond donors (Lipinski definition) is 2. The fourth-order valence-corrected chi connectivity index (χ4v) is 2.60. The molecule has 0 aromatic heterocycles. The van der Waals surface area contributed by atoms with Crippen molar-refractivity contribution in [2.24, 2.45) is 15.9 Å². The maximum Gasteiger partial charge on any atom is 0.293 e. The first kappa shape index (κ1) is 19.1. The summed E-state index contributed by atoms with van der Waals surface area (Å²) >= 11 is 1.34. The largest absolute Gasteiger partial charge is 0.377 e. The van der Waals surface area contributed by atoms with E-state index in [0.29, 0.717) is 11.3 Å². The number of carbonyl (C=O) groups is 1. The Morgan fingerprint density at radius 1 is 1.31 bits per heavy atom. The van der Waals surface area contributed by atoms with Crippen molar-refractivity contribution in [1.29, 1.82) is 0 Å². The molecule has 134 valence electrons. The van der Waals surface area contributed by atoms with Crippen LogP contribution in [0.3, 0.4) is 0 Å². The van der Waals surface area contributed by atoms with E-state index in [2.05, 4.69) is 15.5 Å². The zero-order valence-electron chi connectivity index (χ0n) is 14.0. The van der Waals surface area contributed by atoms with Gasteiger partial charge in [0.15, 0.2) is 5.17 Å². The van der Waals surface area contributed by atoms with E-state index in [1.807, 2.05) is 30.3 Å². The van der Waals surface area contributed by atoms with Gasteiger partial charge in [0.2, 0.25) is 5.91 Å². The summed E-state index contributed by atoms with van der Waals surface area (Å²) in [6.45, 7) is 1.28. The van der Waals surface area contributed by atoms with E-state index in [1.54, 1.807) is 6.07 Å². The Hall–Kier alpha value is -3.20. The molecule has 0 aliphatic heterocycles. The van der Waals surface area contributed by atoms with E-state index in [9.17, 15) is 14.9 Å². The van der Waals surface area contributed by atoms with Crippen molar-refractivity contribution in [3.8, 4) is 0 Å². The van der Waals surface area contributed by atoms with E-state index in [1.165, 1.54) is 37.0 Å². The Bertz CT molecular complexity index is 853. The molecule has 0 aliphatic rings. The number of amides is 1. The van der Waals surface area contributed by atoms with Crippen LogP contribution < -0.4 is 11.1 Å². The van der Waals surface area contributed by atoms with Crippen LogP contribution in [0, 0.1) is 10.1 Å². The maximum absolute atomic E-state index is 11.1. The number of nitrogens with one attached hydrogen (secondary N) is 1. The number of benzene rings is 2. The van der Waals surface area contributed by atoms with Gasteiger partial charge in [0.05, 0.1) is 11.1 Å². The molecule has 1 amide bonds. The van der Waals surface area contributed by atoms with E-state index >= 15 is 0 Å². The fraction of sp³-hybridized carbons (Fsp3) is 0.118. The highest BCUT2D eigenvalue weighted by Crippen LogP contribution is 2.25. The van der Waals surface area contributed by atoms with Crippen molar-refractivity contribution < 1.29 is 9.72 Å². The third-order valence-corrected chi connectivity index (χ3v) is 3.98. The predicted octanol–water partition coefficient (Wildman–Crippen LogP) is 3.14. The minimum Gasteiger partial charge on any atom is -0.377 e. The van der Waals surface area contributed by atoms with Gasteiger partial charge in [0, 0.05) is 24.3 Å².